The van der Waals surface area contributed by atoms with Crippen molar-refractivity contribution in [3.63, 3.8) is 0 Å². The minimum Gasteiger partial charge on any atom is -0.494 e. The average molecular weight is 566 g/mol. The van der Waals surface area contributed by atoms with E-state index >= 15 is 0 Å². The molecule has 212 valence electrons. The van der Waals surface area contributed by atoms with Crippen LogP contribution in [0.2, 0.25) is 0 Å². The van der Waals surface area contributed by atoms with Crippen molar-refractivity contribution in [3.05, 3.63) is 64.7 Å². The summed E-state index contributed by atoms with van der Waals surface area (Å²) in [5, 5.41) is 3.18. The van der Waals surface area contributed by atoms with Crippen molar-refractivity contribution in [2.75, 3.05) is 23.8 Å². The predicted molar refractivity (Wildman–Crippen MR) is 155 cm³/mol. The fourth-order valence-electron chi connectivity index (χ4n) is 4.90. The standard InChI is InChI=1S/C29H35N5O5S/c1-3-38-20-16-14-18(15-17-20)25(28(36)32-19-10-6-5-7-11-19)34(21-12-8-9-13-22(21)39-4-2)29(37)26-23(30)24(27(31)35)33-40-26/h8-9,12-17,19,25H,3-7,10-11,30H2,1-2H3,(H2,31,35)(H,32,36)/t25-/m0/s1. The van der Waals surface area contributed by atoms with Crippen molar-refractivity contribution >= 4 is 40.6 Å². The maximum absolute atomic E-state index is 14.3. The quantitative estimate of drug-likeness (QED) is 0.311. The molecule has 0 aliphatic heterocycles. The second-order valence-corrected chi connectivity index (χ2v) is 10.2. The van der Waals surface area contributed by atoms with Crippen molar-refractivity contribution in [1.82, 2.24) is 9.69 Å². The molecular weight excluding hydrogens is 530 g/mol. The summed E-state index contributed by atoms with van der Waals surface area (Å²) >= 11 is 0.764. The zero-order valence-electron chi connectivity index (χ0n) is 22.7. The smallest absolute Gasteiger partial charge is 0.273 e. The third-order valence-corrected chi connectivity index (χ3v) is 7.61. The molecule has 0 spiro atoms. The van der Waals surface area contributed by atoms with E-state index in [2.05, 4.69) is 9.69 Å². The Labute approximate surface area is 237 Å². The Kier molecular flexibility index (Phi) is 9.60. The normalized spacial score (nSPS) is 14.2. The molecule has 1 saturated carbocycles. The van der Waals surface area contributed by atoms with E-state index in [1.165, 1.54) is 4.90 Å². The lowest BCUT2D eigenvalue weighted by Crippen LogP contribution is -2.47. The lowest BCUT2D eigenvalue weighted by Gasteiger charge is -2.34. The van der Waals surface area contributed by atoms with Gasteiger partial charge in [-0.15, -0.1) is 0 Å². The van der Waals surface area contributed by atoms with Crippen molar-refractivity contribution in [1.29, 1.82) is 0 Å². The van der Waals surface area contributed by atoms with Gasteiger partial charge in [0.15, 0.2) is 5.69 Å². The Hall–Kier alpha value is -4.12. The van der Waals surface area contributed by atoms with Gasteiger partial charge >= 0.3 is 0 Å². The Morgan fingerprint density at radius 1 is 1.02 bits per heavy atom. The molecule has 2 aromatic carbocycles. The zero-order chi connectivity index (χ0) is 28.6. The minimum atomic E-state index is -1.09. The van der Waals surface area contributed by atoms with Crippen molar-refractivity contribution in [2.24, 2.45) is 5.73 Å². The maximum atomic E-state index is 14.3. The number of amides is 3. The lowest BCUT2D eigenvalue weighted by molar-refractivity contribution is -0.123. The number of aromatic nitrogens is 1. The molecule has 0 bridgehead atoms. The van der Waals surface area contributed by atoms with E-state index in [1.54, 1.807) is 48.5 Å². The molecule has 1 aliphatic carbocycles. The highest BCUT2D eigenvalue weighted by Crippen LogP contribution is 2.38. The first-order chi connectivity index (χ1) is 19.3. The first-order valence-electron chi connectivity index (χ1n) is 13.5. The second kappa shape index (κ2) is 13.3. The molecule has 1 heterocycles. The summed E-state index contributed by atoms with van der Waals surface area (Å²) in [7, 11) is 0. The molecule has 3 amide bonds. The van der Waals surface area contributed by atoms with E-state index in [1.807, 2.05) is 13.8 Å². The molecule has 1 aliphatic rings. The van der Waals surface area contributed by atoms with Gasteiger partial charge in [-0.3, -0.25) is 19.3 Å². The number of carbonyl (C=O) groups excluding carboxylic acids is 3. The monoisotopic (exact) mass is 565 g/mol. The zero-order valence-corrected chi connectivity index (χ0v) is 23.5. The van der Waals surface area contributed by atoms with Crippen LogP contribution in [0.5, 0.6) is 11.5 Å². The van der Waals surface area contributed by atoms with E-state index in [-0.39, 0.29) is 28.2 Å². The van der Waals surface area contributed by atoms with Gasteiger partial charge in [-0.25, -0.2) is 0 Å². The highest BCUT2D eigenvalue weighted by Gasteiger charge is 2.38. The topological polar surface area (TPSA) is 150 Å². The average Bonchev–Trinajstić information content (AvgIpc) is 3.35. The van der Waals surface area contributed by atoms with Gasteiger partial charge in [0.1, 0.15) is 22.4 Å². The fourth-order valence-corrected chi connectivity index (χ4v) is 5.64. The molecule has 10 nitrogen and oxygen atoms in total. The van der Waals surface area contributed by atoms with E-state index < -0.39 is 17.9 Å². The molecule has 3 aromatic rings. The number of hydrogen-bond acceptors (Lipinski definition) is 8. The van der Waals surface area contributed by atoms with Crippen LogP contribution < -0.4 is 31.2 Å². The van der Waals surface area contributed by atoms with Crippen molar-refractivity contribution < 1.29 is 23.9 Å². The summed E-state index contributed by atoms with van der Waals surface area (Å²) in [6.45, 7) is 4.56. The highest BCUT2D eigenvalue weighted by molar-refractivity contribution is 7.09. The third-order valence-electron chi connectivity index (χ3n) is 6.76. The Balaban J connectivity index is 1.87. The number of para-hydroxylation sites is 2. The summed E-state index contributed by atoms with van der Waals surface area (Å²) in [6.07, 6.45) is 4.93. The first kappa shape index (κ1) is 28.9. The molecule has 1 aromatic heterocycles. The number of nitrogens with one attached hydrogen (secondary N) is 1. The molecule has 4 rings (SSSR count). The van der Waals surface area contributed by atoms with Gasteiger partial charge in [0.2, 0.25) is 5.91 Å². The predicted octanol–water partition coefficient (Wildman–Crippen LogP) is 4.46. The number of benzene rings is 2. The van der Waals surface area contributed by atoms with Crippen LogP contribution in [0.25, 0.3) is 0 Å². The van der Waals surface area contributed by atoms with E-state index in [0.29, 0.717) is 36.0 Å². The van der Waals surface area contributed by atoms with E-state index in [9.17, 15) is 14.4 Å². The van der Waals surface area contributed by atoms with Crippen LogP contribution in [-0.4, -0.2) is 41.4 Å². The summed E-state index contributed by atoms with van der Waals surface area (Å²) in [6, 6.07) is 13.0. The highest BCUT2D eigenvalue weighted by atomic mass is 32.1. The number of anilines is 2. The van der Waals surface area contributed by atoms with Gasteiger partial charge in [-0.1, -0.05) is 43.5 Å². The van der Waals surface area contributed by atoms with Gasteiger partial charge in [0, 0.05) is 6.04 Å². The van der Waals surface area contributed by atoms with Crippen LogP contribution in [0.1, 0.15) is 77.7 Å². The Bertz CT molecular complexity index is 1340. The van der Waals surface area contributed by atoms with Crippen LogP contribution in [0.4, 0.5) is 11.4 Å². The first-order valence-corrected chi connectivity index (χ1v) is 14.3. The molecule has 0 saturated heterocycles. The number of carbonyl (C=O) groups is 3. The van der Waals surface area contributed by atoms with Crippen molar-refractivity contribution in [2.45, 2.75) is 58.0 Å². The second-order valence-electron chi connectivity index (χ2n) is 9.46. The minimum absolute atomic E-state index is 0.000439. The molecule has 1 atom stereocenters. The summed E-state index contributed by atoms with van der Waals surface area (Å²) in [5.74, 6) is -0.727. The number of hydrogen-bond donors (Lipinski definition) is 3. The molecule has 0 unspecified atom stereocenters. The number of primary amides is 1. The van der Waals surface area contributed by atoms with E-state index in [0.717, 1.165) is 43.6 Å². The van der Waals surface area contributed by atoms with Gasteiger partial charge < -0.3 is 26.3 Å². The van der Waals surface area contributed by atoms with Crippen LogP contribution in [0.3, 0.4) is 0 Å². The molecule has 1 fully saturated rings. The SMILES string of the molecule is CCOc1ccc([C@@H](C(=O)NC2CCCCC2)N(C(=O)c2snc(C(N)=O)c2N)c2ccccc2OCC)cc1. The third kappa shape index (κ3) is 6.36. The fraction of sp³-hybridized carbons (Fsp3) is 0.379. The van der Waals surface area contributed by atoms with Gasteiger partial charge in [-0.05, 0) is 68.1 Å². The molecule has 0 radical (unpaired) electrons. The van der Waals surface area contributed by atoms with Crippen LogP contribution in [-0.2, 0) is 4.79 Å². The molecule has 5 N–H and O–H groups in total. The Morgan fingerprint density at radius 2 is 1.70 bits per heavy atom. The van der Waals surface area contributed by atoms with Crippen molar-refractivity contribution in [3.8, 4) is 11.5 Å². The lowest BCUT2D eigenvalue weighted by atomic mass is 9.94. The number of ether oxygens (including phenoxy) is 2. The summed E-state index contributed by atoms with van der Waals surface area (Å²) in [4.78, 5) is 41.7. The number of nitrogens with zero attached hydrogens (tertiary/aromatic N) is 2. The molecular formula is C29H35N5O5S. The molecule has 40 heavy (non-hydrogen) atoms. The van der Waals surface area contributed by atoms with Gasteiger partial charge in [0.25, 0.3) is 11.8 Å². The summed E-state index contributed by atoms with van der Waals surface area (Å²) < 4.78 is 15.5. The maximum Gasteiger partial charge on any atom is 0.273 e. The molecule has 11 heteroatoms. The van der Waals surface area contributed by atoms with Crippen LogP contribution >= 0.6 is 11.5 Å². The van der Waals surface area contributed by atoms with Gasteiger partial charge in [0.05, 0.1) is 24.6 Å². The van der Waals surface area contributed by atoms with E-state index in [4.69, 9.17) is 20.9 Å². The number of nitrogen functional groups attached to an aromatic ring is 1. The number of nitrogens with two attached hydrogens (primary N) is 2. The van der Waals surface area contributed by atoms with Gasteiger partial charge in [-0.2, -0.15) is 4.37 Å². The van der Waals surface area contributed by atoms with Crippen LogP contribution in [0.15, 0.2) is 48.5 Å². The Morgan fingerprint density at radius 3 is 2.33 bits per heavy atom. The van der Waals surface area contributed by atoms with Crippen LogP contribution in [0, 0.1) is 0 Å². The largest absolute Gasteiger partial charge is 0.494 e. The summed E-state index contributed by atoms with van der Waals surface area (Å²) in [5.41, 5.74) is 12.2. The number of rotatable bonds is 11.